The first-order valence-electron chi connectivity index (χ1n) is 6.89. The summed E-state index contributed by atoms with van der Waals surface area (Å²) >= 11 is 0. The number of nitrogens with one attached hydrogen (secondary N) is 2. The Morgan fingerprint density at radius 3 is 3.00 bits per heavy atom. The first-order chi connectivity index (χ1) is 9.25. The van der Waals surface area contributed by atoms with Crippen LogP contribution in [0.5, 0.6) is 0 Å². The smallest absolute Gasteiger partial charge is 0.238 e. The van der Waals surface area contributed by atoms with Crippen LogP contribution in [0.25, 0.3) is 0 Å². The highest BCUT2D eigenvalue weighted by Gasteiger charge is 2.13. The lowest BCUT2D eigenvalue weighted by molar-refractivity contribution is -0.115. The van der Waals surface area contributed by atoms with Gasteiger partial charge in [-0.2, -0.15) is 0 Å². The van der Waals surface area contributed by atoms with E-state index in [1.54, 1.807) is 0 Å². The summed E-state index contributed by atoms with van der Waals surface area (Å²) in [6.45, 7) is 4.88. The Morgan fingerprint density at radius 1 is 1.42 bits per heavy atom. The zero-order chi connectivity index (χ0) is 13.5. The van der Waals surface area contributed by atoms with Crippen molar-refractivity contribution in [1.82, 2.24) is 5.32 Å². The standard InChI is InChI=1S/C15H22N2O2/c1-12-5-2-3-7-14(12)17-15(18)10-16-9-13-6-4-8-19-11-13/h2-3,5,7,13,16H,4,6,8-11H2,1H3,(H,17,18). The monoisotopic (exact) mass is 262 g/mol. The number of carbonyl (C=O) groups is 1. The highest BCUT2D eigenvalue weighted by Crippen LogP contribution is 2.13. The van der Waals surface area contributed by atoms with Crippen LogP contribution in [-0.2, 0) is 9.53 Å². The van der Waals surface area contributed by atoms with Crippen molar-refractivity contribution in [3.05, 3.63) is 29.8 Å². The predicted molar refractivity (Wildman–Crippen MR) is 76.2 cm³/mol. The molecule has 1 aromatic carbocycles. The molecule has 0 aromatic heterocycles. The van der Waals surface area contributed by atoms with Crippen LogP contribution in [0.1, 0.15) is 18.4 Å². The molecular weight excluding hydrogens is 240 g/mol. The molecule has 0 saturated carbocycles. The lowest BCUT2D eigenvalue weighted by Gasteiger charge is -2.22. The SMILES string of the molecule is Cc1ccccc1NC(=O)CNCC1CCCOC1. The van der Waals surface area contributed by atoms with Crippen LogP contribution < -0.4 is 10.6 Å². The fourth-order valence-electron chi connectivity index (χ4n) is 2.27. The van der Waals surface area contributed by atoms with Crippen molar-refractivity contribution in [3.63, 3.8) is 0 Å². The van der Waals surface area contributed by atoms with Gasteiger partial charge in [-0.05, 0) is 37.3 Å². The summed E-state index contributed by atoms with van der Waals surface area (Å²) in [7, 11) is 0. The summed E-state index contributed by atoms with van der Waals surface area (Å²) in [6.07, 6.45) is 2.31. The van der Waals surface area contributed by atoms with Gasteiger partial charge in [-0.15, -0.1) is 0 Å². The second-order valence-electron chi connectivity index (χ2n) is 5.08. The molecule has 4 heteroatoms. The summed E-state index contributed by atoms with van der Waals surface area (Å²) in [5, 5.41) is 6.12. The molecule has 1 aliphatic rings. The number of aryl methyl sites for hydroxylation is 1. The molecule has 0 bridgehead atoms. The molecule has 1 aliphatic heterocycles. The van der Waals surface area contributed by atoms with Crippen LogP contribution in [-0.4, -0.2) is 32.2 Å². The predicted octanol–water partition coefficient (Wildman–Crippen LogP) is 1.95. The number of anilines is 1. The number of amides is 1. The minimum absolute atomic E-state index is 0.00558. The quantitative estimate of drug-likeness (QED) is 0.852. The largest absolute Gasteiger partial charge is 0.381 e. The fourth-order valence-corrected chi connectivity index (χ4v) is 2.27. The Labute approximate surface area is 114 Å². The minimum atomic E-state index is 0.00558. The number of benzene rings is 1. The first kappa shape index (κ1) is 14.0. The van der Waals surface area contributed by atoms with Crippen LogP contribution in [0.15, 0.2) is 24.3 Å². The first-order valence-corrected chi connectivity index (χ1v) is 6.89. The third-order valence-corrected chi connectivity index (χ3v) is 3.39. The van der Waals surface area contributed by atoms with E-state index >= 15 is 0 Å². The van der Waals surface area contributed by atoms with Gasteiger partial charge in [0.25, 0.3) is 0 Å². The van der Waals surface area contributed by atoms with E-state index in [1.165, 1.54) is 6.42 Å². The lowest BCUT2D eigenvalue weighted by atomic mass is 10.0. The van der Waals surface area contributed by atoms with Crippen LogP contribution in [0, 0.1) is 12.8 Å². The fraction of sp³-hybridized carbons (Fsp3) is 0.533. The molecule has 104 valence electrons. The molecule has 0 radical (unpaired) electrons. The molecule has 2 N–H and O–H groups in total. The molecular formula is C15H22N2O2. The van der Waals surface area contributed by atoms with Gasteiger partial charge in [-0.1, -0.05) is 18.2 Å². The molecule has 1 amide bonds. The maximum atomic E-state index is 11.8. The Morgan fingerprint density at radius 2 is 2.26 bits per heavy atom. The summed E-state index contributed by atoms with van der Waals surface area (Å²) in [5.41, 5.74) is 1.96. The van der Waals surface area contributed by atoms with E-state index in [9.17, 15) is 4.79 Å². The van der Waals surface area contributed by atoms with Crippen molar-refractivity contribution < 1.29 is 9.53 Å². The number of carbonyl (C=O) groups excluding carboxylic acids is 1. The van der Waals surface area contributed by atoms with E-state index in [1.807, 2.05) is 31.2 Å². The topological polar surface area (TPSA) is 50.4 Å². The summed E-state index contributed by atoms with van der Waals surface area (Å²) in [6, 6.07) is 7.80. The van der Waals surface area contributed by atoms with Gasteiger partial charge in [-0.25, -0.2) is 0 Å². The highest BCUT2D eigenvalue weighted by molar-refractivity contribution is 5.92. The van der Waals surface area contributed by atoms with Crippen molar-refractivity contribution in [2.45, 2.75) is 19.8 Å². The maximum Gasteiger partial charge on any atom is 0.238 e. The molecule has 1 fully saturated rings. The van der Waals surface area contributed by atoms with E-state index < -0.39 is 0 Å². The van der Waals surface area contributed by atoms with Crippen molar-refractivity contribution in [3.8, 4) is 0 Å². The van der Waals surface area contributed by atoms with Gasteiger partial charge in [0.2, 0.25) is 5.91 Å². The second kappa shape index (κ2) is 7.26. The molecule has 1 unspecified atom stereocenters. The Kier molecular flexibility index (Phi) is 5.36. The zero-order valence-corrected chi connectivity index (χ0v) is 11.4. The molecule has 1 saturated heterocycles. The van der Waals surface area contributed by atoms with E-state index in [0.717, 1.165) is 37.4 Å². The minimum Gasteiger partial charge on any atom is -0.381 e. The number of hydrogen-bond donors (Lipinski definition) is 2. The lowest BCUT2D eigenvalue weighted by Crippen LogP contribution is -2.34. The van der Waals surface area contributed by atoms with E-state index in [-0.39, 0.29) is 5.91 Å². The maximum absolute atomic E-state index is 11.8. The number of hydrogen-bond acceptors (Lipinski definition) is 3. The van der Waals surface area contributed by atoms with Gasteiger partial charge in [0, 0.05) is 18.8 Å². The van der Waals surface area contributed by atoms with Crippen LogP contribution in [0.4, 0.5) is 5.69 Å². The van der Waals surface area contributed by atoms with Gasteiger partial charge < -0.3 is 15.4 Å². The Hall–Kier alpha value is -1.39. The summed E-state index contributed by atoms with van der Waals surface area (Å²) in [5.74, 6) is 0.547. The molecule has 0 aliphatic carbocycles. The van der Waals surface area contributed by atoms with Crippen molar-refractivity contribution in [2.24, 2.45) is 5.92 Å². The van der Waals surface area contributed by atoms with Crippen molar-refractivity contribution in [2.75, 3.05) is 31.6 Å². The van der Waals surface area contributed by atoms with Crippen molar-refractivity contribution in [1.29, 1.82) is 0 Å². The van der Waals surface area contributed by atoms with Gasteiger partial charge in [-0.3, -0.25) is 4.79 Å². The molecule has 2 rings (SSSR count). The number of ether oxygens (including phenoxy) is 1. The molecule has 0 spiro atoms. The average molecular weight is 262 g/mol. The third-order valence-electron chi connectivity index (χ3n) is 3.39. The third kappa shape index (κ3) is 4.65. The zero-order valence-electron chi connectivity index (χ0n) is 11.4. The van der Waals surface area contributed by atoms with Crippen LogP contribution in [0.2, 0.25) is 0 Å². The van der Waals surface area contributed by atoms with Gasteiger partial charge >= 0.3 is 0 Å². The normalized spacial score (nSPS) is 19.1. The second-order valence-corrected chi connectivity index (χ2v) is 5.08. The number of rotatable bonds is 5. The average Bonchev–Trinajstić information content (AvgIpc) is 2.43. The number of para-hydroxylation sites is 1. The van der Waals surface area contributed by atoms with Gasteiger partial charge in [0.1, 0.15) is 0 Å². The molecule has 1 aromatic rings. The van der Waals surface area contributed by atoms with Crippen molar-refractivity contribution >= 4 is 11.6 Å². The summed E-state index contributed by atoms with van der Waals surface area (Å²) in [4.78, 5) is 11.8. The molecule has 1 heterocycles. The Bertz CT molecular complexity index is 414. The molecule has 4 nitrogen and oxygen atoms in total. The summed E-state index contributed by atoms with van der Waals surface area (Å²) < 4.78 is 5.41. The van der Waals surface area contributed by atoms with Crippen LogP contribution in [0.3, 0.4) is 0 Å². The molecule has 1 atom stereocenters. The highest BCUT2D eigenvalue weighted by atomic mass is 16.5. The molecule has 19 heavy (non-hydrogen) atoms. The van der Waals surface area contributed by atoms with E-state index in [4.69, 9.17) is 4.74 Å². The van der Waals surface area contributed by atoms with Gasteiger partial charge in [0.15, 0.2) is 0 Å². The van der Waals surface area contributed by atoms with E-state index in [0.29, 0.717) is 12.5 Å². The van der Waals surface area contributed by atoms with E-state index in [2.05, 4.69) is 10.6 Å². The van der Waals surface area contributed by atoms with Gasteiger partial charge in [0.05, 0.1) is 13.2 Å². The Balaban J connectivity index is 1.68. The van der Waals surface area contributed by atoms with Crippen LogP contribution >= 0.6 is 0 Å².